The molecule has 0 bridgehead atoms. The van der Waals surface area contributed by atoms with Crippen LogP contribution >= 0.6 is 0 Å². The molecule has 0 spiro atoms. The molecular weight excluding hydrogens is 706 g/mol. The molecule has 0 heterocycles. The molecule has 0 saturated carbocycles. The Morgan fingerprint density at radius 1 is 0.667 bits per heavy atom. The highest BCUT2D eigenvalue weighted by molar-refractivity contribution is 5.98. The van der Waals surface area contributed by atoms with Crippen molar-refractivity contribution in [1.82, 2.24) is 21.3 Å². The summed E-state index contributed by atoms with van der Waals surface area (Å²) in [6.07, 6.45) is 4.78. The lowest BCUT2D eigenvalue weighted by atomic mass is 10.0. The first-order valence-electron chi connectivity index (χ1n) is 18.2. The van der Waals surface area contributed by atoms with Gasteiger partial charge in [0.2, 0.25) is 29.5 Å². The Balaban J connectivity index is 2.00. The molecular formula is C37H59N5O12. The summed E-state index contributed by atoms with van der Waals surface area (Å²) in [5, 5.41) is 22.7. The van der Waals surface area contributed by atoms with Gasteiger partial charge >= 0.3 is 5.97 Å². The summed E-state index contributed by atoms with van der Waals surface area (Å²) in [4.78, 5) is 72.2. The largest absolute Gasteiger partial charge is 0.466 e. The predicted molar refractivity (Wildman–Crippen MR) is 199 cm³/mol. The van der Waals surface area contributed by atoms with E-state index in [-0.39, 0.29) is 49.9 Å². The number of esters is 1. The zero-order valence-corrected chi connectivity index (χ0v) is 31.9. The van der Waals surface area contributed by atoms with Crippen molar-refractivity contribution in [1.29, 1.82) is 0 Å². The van der Waals surface area contributed by atoms with E-state index >= 15 is 0 Å². The highest BCUT2D eigenvalue weighted by Crippen LogP contribution is 2.10. The molecule has 17 nitrogen and oxygen atoms in total. The van der Waals surface area contributed by atoms with Crippen molar-refractivity contribution < 1.29 is 57.6 Å². The van der Waals surface area contributed by atoms with Gasteiger partial charge in [-0.05, 0) is 43.4 Å². The molecule has 2 atom stereocenters. The summed E-state index contributed by atoms with van der Waals surface area (Å²) in [6.45, 7) is 8.45. The average molecular weight is 766 g/mol. The molecule has 0 radical (unpaired) electrons. The number of ether oxygens (including phenoxy) is 5. The third-order valence-electron chi connectivity index (χ3n) is 7.53. The number of carbonyl (C=O) groups excluding carboxylic acids is 6. The van der Waals surface area contributed by atoms with Gasteiger partial charge in [-0.25, -0.2) is 4.79 Å². The third kappa shape index (κ3) is 24.0. The zero-order chi connectivity index (χ0) is 40.0. The summed E-state index contributed by atoms with van der Waals surface area (Å²) >= 11 is 0. The summed E-state index contributed by atoms with van der Waals surface area (Å²) in [7, 11) is 1.23. The number of nitrogens with one attached hydrogen (secondary N) is 5. The van der Waals surface area contributed by atoms with Crippen LogP contribution in [0.15, 0.2) is 36.4 Å². The number of aliphatic hydroxyl groups is 1. The quantitative estimate of drug-likeness (QED) is 0.0362. The van der Waals surface area contributed by atoms with E-state index in [1.165, 1.54) is 7.11 Å². The summed E-state index contributed by atoms with van der Waals surface area (Å²) in [5.41, 5.74) is 1.24. The lowest BCUT2D eigenvalue weighted by Gasteiger charge is -2.24. The first kappa shape index (κ1) is 47.6. The summed E-state index contributed by atoms with van der Waals surface area (Å²) in [5.74, 6) is -2.51. The van der Waals surface area contributed by atoms with Gasteiger partial charge in [0.25, 0.3) is 0 Å². The van der Waals surface area contributed by atoms with Crippen LogP contribution in [0.4, 0.5) is 5.69 Å². The zero-order valence-electron chi connectivity index (χ0n) is 31.9. The molecule has 1 aromatic carbocycles. The van der Waals surface area contributed by atoms with Gasteiger partial charge in [-0.3, -0.25) is 24.0 Å². The number of anilines is 1. The third-order valence-corrected chi connectivity index (χ3v) is 7.53. The molecule has 0 aliphatic carbocycles. The molecule has 5 amide bonds. The Hall–Kier alpha value is -4.42. The Labute approximate surface area is 317 Å². The van der Waals surface area contributed by atoms with Crippen molar-refractivity contribution in [3.63, 3.8) is 0 Å². The maximum absolute atomic E-state index is 12.9. The summed E-state index contributed by atoms with van der Waals surface area (Å²) < 4.78 is 26.2. The second kappa shape index (κ2) is 30.0. The first-order valence-corrected chi connectivity index (χ1v) is 18.2. The van der Waals surface area contributed by atoms with Crippen LogP contribution in [-0.4, -0.2) is 126 Å². The first-order chi connectivity index (χ1) is 26.0. The van der Waals surface area contributed by atoms with Gasteiger partial charge < -0.3 is 55.4 Å². The van der Waals surface area contributed by atoms with Gasteiger partial charge in [0.15, 0.2) is 0 Å². The van der Waals surface area contributed by atoms with Crippen LogP contribution in [0.5, 0.6) is 0 Å². The van der Waals surface area contributed by atoms with E-state index < -0.39 is 29.9 Å². The number of hydrogen-bond donors (Lipinski definition) is 6. The Bertz CT molecular complexity index is 1290. The molecule has 54 heavy (non-hydrogen) atoms. The highest BCUT2D eigenvalue weighted by atomic mass is 16.6. The van der Waals surface area contributed by atoms with E-state index in [2.05, 4.69) is 31.3 Å². The van der Waals surface area contributed by atoms with E-state index in [1.807, 2.05) is 0 Å². The molecule has 304 valence electrons. The number of unbranched alkanes of at least 4 members (excludes halogenated alkanes) is 2. The minimum Gasteiger partial charge on any atom is -0.466 e. The van der Waals surface area contributed by atoms with E-state index in [1.54, 1.807) is 45.0 Å². The maximum Gasteiger partial charge on any atom is 0.330 e. The SMILES string of the molecule is COC(=O)/C=C\C(=O)NCCCCCC(=O)NCCOCCOCCOCCOCCC(=O)NC(C(=O)N[C@@H](C)C(=O)Nc1ccc(CO)cc1)C(C)C. The Kier molecular flexibility index (Phi) is 26.4. The maximum atomic E-state index is 12.9. The second-order valence-electron chi connectivity index (χ2n) is 12.4. The second-order valence-corrected chi connectivity index (χ2v) is 12.4. The molecule has 0 aliphatic rings. The summed E-state index contributed by atoms with van der Waals surface area (Å²) in [6, 6.07) is 5.00. The van der Waals surface area contributed by atoms with Gasteiger partial charge in [0.1, 0.15) is 12.1 Å². The number of hydrogen-bond acceptors (Lipinski definition) is 12. The van der Waals surface area contributed by atoms with Crippen molar-refractivity contribution in [3.05, 3.63) is 42.0 Å². The smallest absolute Gasteiger partial charge is 0.330 e. The van der Waals surface area contributed by atoms with E-state index in [0.717, 1.165) is 18.6 Å². The molecule has 0 aliphatic heterocycles. The fraction of sp³-hybridized carbons (Fsp3) is 0.622. The number of rotatable bonds is 30. The van der Waals surface area contributed by atoms with Crippen LogP contribution in [0.1, 0.15) is 58.4 Å². The van der Waals surface area contributed by atoms with Gasteiger partial charge in [-0.1, -0.05) is 32.4 Å². The number of benzene rings is 1. The number of aliphatic hydroxyl groups excluding tert-OH is 1. The standard InChI is InChI=1S/C37H59N5O12/c1-27(2)35(37(49)40-28(3)36(48)41-30-11-9-29(26-43)10-12-30)42-33(46)15-18-51-20-22-53-24-25-54-23-21-52-19-17-39-31(44)8-6-5-7-16-38-32(45)13-14-34(47)50-4/h9-14,27-28,35,43H,5-8,15-26H2,1-4H3,(H,38,45)(H,39,44)(H,40,49)(H,41,48)(H,42,46)/b14-13-/t28-,35?/m0/s1. The fourth-order valence-electron chi connectivity index (χ4n) is 4.44. The molecule has 1 rings (SSSR count). The van der Waals surface area contributed by atoms with Crippen LogP contribution in [0.25, 0.3) is 0 Å². The lowest BCUT2D eigenvalue weighted by molar-refractivity contribution is -0.135. The molecule has 1 aromatic rings. The van der Waals surface area contributed by atoms with Gasteiger partial charge in [0.05, 0.1) is 66.6 Å². The molecule has 17 heteroatoms. The molecule has 1 unspecified atom stereocenters. The van der Waals surface area contributed by atoms with Crippen LogP contribution in [0.3, 0.4) is 0 Å². The van der Waals surface area contributed by atoms with Gasteiger partial charge in [0, 0.05) is 43.8 Å². The minimum atomic E-state index is -0.850. The van der Waals surface area contributed by atoms with Crippen molar-refractivity contribution in [2.24, 2.45) is 5.92 Å². The molecule has 6 N–H and O–H groups in total. The van der Waals surface area contributed by atoms with Crippen molar-refractivity contribution in [2.45, 2.75) is 71.6 Å². The van der Waals surface area contributed by atoms with Crippen LogP contribution in [-0.2, 0) is 59.1 Å². The van der Waals surface area contributed by atoms with Gasteiger partial charge in [-0.15, -0.1) is 0 Å². The van der Waals surface area contributed by atoms with Crippen LogP contribution in [0.2, 0.25) is 0 Å². The lowest BCUT2D eigenvalue weighted by Crippen LogP contribution is -2.53. The van der Waals surface area contributed by atoms with Crippen molar-refractivity contribution >= 4 is 41.2 Å². The van der Waals surface area contributed by atoms with Crippen molar-refractivity contribution in [2.75, 3.05) is 78.4 Å². The minimum absolute atomic E-state index is 0.0478. The Morgan fingerprint density at radius 3 is 1.87 bits per heavy atom. The Morgan fingerprint density at radius 2 is 1.28 bits per heavy atom. The number of carbonyl (C=O) groups is 6. The monoisotopic (exact) mass is 765 g/mol. The van der Waals surface area contributed by atoms with Gasteiger partial charge in [-0.2, -0.15) is 0 Å². The highest BCUT2D eigenvalue weighted by Gasteiger charge is 2.27. The topological polar surface area (TPSA) is 229 Å². The van der Waals surface area contributed by atoms with Crippen molar-refractivity contribution in [3.8, 4) is 0 Å². The average Bonchev–Trinajstić information content (AvgIpc) is 3.15. The fourth-order valence-corrected chi connectivity index (χ4v) is 4.44. The number of amides is 5. The molecule has 0 saturated heterocycles. The van der Waals surface area contributed by atoms with E-state index in [4.69, 9.17) is 24.1 Å². The normalized spacial score (nSPS) is 12.2. The van der Waals surface area contributed by atoms with E-state index in [9.17, 15) is 28.8 Å². The van der Waals surface area contributed by atoms with Crippen LogP contribution in [0, 0.1) is 5.92 Å². The van der Waals surface area contributed by atoms with Crippen LogP contribution < -0.4 is 26.6 Å². The predicted octanol–water partition coefficient (Wildman–Crippen LogP) is 0.741. The molecule has 0 fully saturated rings. The van der Waals surface area contributed by atoms with E-state index in [0.29, 0.717) is 83.2 Å². The number of methoxy groups -OCH3 is 1. The molecule has 0 aromatic heterocycles.